The zero-order chi connectivity index (χ0) is 13.1. The Morgan fingerprint density at radius 2 is 1.65 bits per heavy atom. The van der Waals surface area contributed by atoms with Crippen LogP contribution in [0.1, 0.15) is 62.4 Å². The summed E-state index contributed by atoms with van der Waals surface area (Å²) < 4.78 is 0. The van der Waals surface area contributed by atoms with Crippen LogP contribution in [0.25, 0.3) is 0 Å². The van der Waals surface area contributed by atoms with Crippen molar-refractivity contribution in [2.45, 2.75) is 52.0 Å². The Morgan fingerprint density at radius 1 is 1.18 bits per heavy atom. The Morgan fingerprint density at radius 3 is 2.00 bits per heavy atom. The summed E-state index contributed by atoms with van der Waals surface area (Å²) in [4.78, 5) is 12.3. The highest BCUT2D eigenvalue weighted by molar-refractivity contribution is 6.03. The normalized spacial score (nSPS) is 11.9. The second kappa shape index (κ2) is 5.46. The summed E-state index contributed by atoms with van der Waals surface area (Å²) in [6.45, 7) is 8.21. The van der Waals surface area contributed by atoms with E-state index in [0.717, 1.165) is 5.56 Å². The third-order valence-corrected chi connectivity index (χ3v) is 3.55. The van der Waals surface area contributed by atoms with Crippen LogP contribution in [-0.4, -0.2) is 11.3 Å². The van der Waals surface area contributed by atoms with Crippen LogP contribution in [0.15, 0.2) is 24.3 Å². The first kappa shape index (κ1) is 13.9. The minimum Gasteiger partial charge on any atom is -0.319 e. The molecule has 0 atom stereocenters. The van der Waals surface area contributed by atoms with E-state index in [9.17, 15) is 4.79 Å². The van der Waals surface area contributed by atoms with Crippen LogP contribution >= 0.6 is 0 Å². The Bertz CT molecular complexity index is 374. The highest BCUT2D eigenvalue weighted by Crippen LogP contribution is 2.20. The van der Waals surface area contributed by atoms with Crippen molar-refractivity contribution in [3.05, 3.63) is 35.4 Å². The molecule has 0 heterocycles. The maximum absolute atomic E-state index is 12.3. The molecule has 0 fully saturated rings. The molecule has 1 rings (SSSR count). The lowest BCUT2D eigenvalue weighted by molar-refractivity contribution is 0.0879. The van der Waals surface area contributed by atoms with Crippen molar-refractivity contribution < 1.29 is 4.79 Å². The number of hydrogen-bond acceptors (Lipinski definition) is 2. The summed E-state index contributed by atoms with van der Waals surface area (Å²) in [6.07, 6.45) is 1.35. The maximum atomic E-state index is 12.3. The largest absolute Gasteiger partial charge is 0.319 e. The van der Waals surface area contributed by atoms with Gasteiger partial charge in [0.25, 0.3) is 0 Å². The molecule has 0 aliphatic rings. The summed E-state index contributed by atoms with van der Waals surface area (Å²) in [6, 6.07) is 7.82. The molecule has 0 bridgehead atoms. The van der Waals surface area contributed by atoms with Gasteiger partial charge in [-0.3, -0.25) is 4.79 Å². The molecule has 94 valence electrons. The number of ketones is 1. The van der Waals surface area contributed by atoms with Crippen LogP contribution in [-0.2, 0) is 0 Å². The van der Waals surface area contributed by atoms with Gasteiger partial charge in [0, 0.05) is 5.56 Å². The predicted octanol–water partition coefficient (Wildman–Crippen LogP) is 3.51. The highest BCUT2D eigenvalue weighted by atomic mass is 16.1. The summed E-state index contributed by atoms with van der Waals surface area (Å²) >= 11 is 0. The van der Waals surface area contributed by atoms with Gasteiger partial charge in [-0.1, -0.05) is 52.0 Å². The third-order valence-electron chi connectivity index (χ3n) is 3.55. The molecule has 0 amide bonds. The van der Waals surface area contributed by atoms with Crippen molar-refractivity contribution in [2.24, 2.45) is 5.73 Å². The lowest BCUT2D eigenvalue weighted by Gasteiger charge is -2.25. The van der Waals surface area contributed by atoms with Gasteiger partial charge in [-0.15, -0.1) is 0 Å². The van der Waals surface area contributed by atoms with Crippen LogP contribution in [0.3, 0.4) is 0 Å². The lowest BCUT2D eigenvalue weighted by Crippen LogP contribution is -2.46. The van der Waals surface area contributed by atoms with Crippen molar-refractivity contribution >= 4 is 5.78 Å². The minimum atomic E-state index is -0.709. The van der Waals surface area contributed by atoms with E-state index < -0.39 is 5.54 Å². The fourth-order valence-electron chi connectivity index (χ4n) is 1.88. The van der Waals surface area contributed by atoms with Crippen molar-refractivity contribution in [3.8, 4) is 0 Å². The molecule has 0 spiro atoms. The van der Waals surface area contributed by atoms with Crippen LogP contribution in [0.2, 0.25) is 0 Å². The van der Waals surface area contributed by atoms with E-state index in [1.54, 1.807) is 0 Å². The number of hydrogen-bond donors (Lipinski definition) is 1. The molecule has 1 aromatic carbocycles. The van der Waals surface area contributed by atoms with Crippen LogP contribution < -0.4 is 5.73 Å². The van der Waals surface area contributed by atoms with Gasteiger partial charge in [0.1, 0.15) is 0 Å². The molecule has 2 N–H and O–H groups in total. The van der Waals surface area contributed by atoms with E-state index in [4.69, 9.17) is 5.73 Å². The Labute approximate surface area is 104 Å². The molecule has 0 saturated heterocycles. The SMILES string of the molecule is CCC(N)(CC)C(=O)c1ccc(C(C)C)cc1. The molecule has 0 aliphatic heterocycles. The average molecular weight is 233 g/mol. The van der Waals surface area contributed by atoms with Gasteiger partial charge in [-0.2, -0.15) is 0 Å². The van der Waals surface area contributed by atoms with E-state index >= 15 is 0 Å². The summed E-state index contributed by atoms with van der Waals surface area (Å²) in [5.41, 5.74) is 7.38. The number of Topliss-reactive ketones (excluding diaryl/α,β-unsaturated/α-hetero) is 1. The molecule has 0 aromatic heterocycles. The first-order valence-electron chi connectivity index (χ1n) is 6.38. The van der Waals surface area contributed by atoms with Crippen LogP contribution in [0.4, 0.5) is 0 Å². The van der Waals surface area contributed by atoms with Gasteiger partial charge in [0.05, 0.1) is 5.54 Å². The monoisotopic (exact) mass is 233 g/mol. The maximum Gasteiger partial charge on any atom is 0.182 e. The lowest BCUT2D eigenvalue weighted by atomic mass is 9.85. The second-order valence-corrected chi connectivity index (χ2v) is 4.97. The van der Waals surface area contributed by atoms with Crippen molar-refractivity contribution in [3.63, 3.8) is 0 Å². The molecule has 0 radical (unpaired) electrons. The molecule has 17 heavy (non-hydrogen) atoms. The average Bonchev–Trinajstić information content (AvgIpc) is 2.37. The molecule has 1 aromatic rings. The summed E-state index contributed by atoms with van der Waals surface area (Å²) in [5, 5.41) is 0. The number of carbonyl (C=O) groups excluding carboxylic acids is 1. The standard InChI is InChI=1S/C15H23NO/c1-5-15(16,6-2)14(17)13-9-7-12(8-10-13)11(3)4/h7-11H,5-6,16H2,1-4H3. The number of carbonyl (C=O) groups is 1. The van der Waals surface area contributed by atoms with E-state index in [1.807, 2.05) is 38.1 Å². The van der Waals surface area contributed by atoms with Gasteiger partial charge in [0.15, 0.2) is 5.78 Å². The van der Waals surface area contributed by atoms with Crippen molar-refractivity contribution in [2.75, 3.05) is 0 Å². The Hall–Kier alpha value is -1.15. The highest BCUT2D eigenvalue weighted by Gasteiger charge is 2.30. The second-order valence-electron chi connectivity index (χ2n) is 4.97. The van der Waals surface area contributed by atoms with Gasteiger partial charge in [-0.05, 0) is 24.3 Å². The zero-order valence-corrected chi connectivity index (χ0v) is 11.3. The van der Waals surface area contributed by atoms with E-state index in [1.165, 1.54) is 5.56 Å². The predicted molar refractivity (Wildman–Crippen MR) is 72.4 cm³/mol. The quantitative estimate of drug-likeness (QED) is 0.791. The van der Waals surface area contributed by atoms with Gasteiger partial charge >= 0.3 is 0 Å². The smallest absolute Gasteiger partial charge is 0.182 e. The van der Waals surface area contributed by atoms with E-state index in [2.05, 4.69) is 13.8 Å². The number of benzene rings is 1. The molecule has 0 unspecified atom stereocenters. The molecule has 2 heteroatoms. The van der Waals surface area contributed by atoms with Crippen LogP contribution in [0, 0.1) is 0 Å². The number of rotatable bonds is 5. The molecule has 0 aliphatic carbocycles. The number of nitrogens with two attached hydrogens (primary N) is 1. The Kier molecular flexibility index (Phi) is 4.47. The topological polar surface area (TPSA) is 43.1 Å². The fourth-order valence-corrected chi connectivity index (χ4v) is 1.88. The van der Waals surface area contributed by atoms with Crippen molar-refractivity contribution in [1.29, 1.82) is 0 Å². The van der Waals surface area contributed by atoms with E-state index in [0.29, 0.717) is 18.8 Å². The zero-order valence-electron chi connectivity index (χ0n) is 11.3. The first-order chi connectivity index (χ1) is 7.94. The fraction of sp³-hybridized carbons (Fsp3) is 0.533. The van der Waals surface area contributed by atoms with Gasteiger partial charge in [-0.25, -0.2) is 0 Å². The van der Waals surface area contributed by atoms with Gasteiger partial charge < -0.3 is 5.73 Å². The summed E-state index contributed by atoms with van der Waals surface area (Å²) in [5.74, 6) is 0.539. The van der Waals surface area contributed by atoms with Crippen molar-refractivity contribution in [1.82, 2.24) is 0 Å². The minimum absolute atomic E-state index is 0.0535. The molecule has 0 saturated carbocycles. The summed E-state index contributed by atoms with van der Waals surface area (Å²) in [7, 11) is 0. The molecular weight excluding hydrogens is 210 g/mol. The van der Waals surface area contributed by atoms with E-state index in [-0.39, 0.29) is 5.78 Å². The molecular formula is C15H23NO. The molecule has 2 nitrogen and oxygen atoms in total. The first-order valence-corrected chi connectivity index (χ1v) is 6.38. The van der Waals surface area contributed by atoms with Gasteiger partial charge in [0.2, 0.25) is 0 Å². The van der Waals surface area contributed by atoms with Crippen LogP contribution in [0.5, 0.6) is 0 Å². The third kappa shape index (κ3) is 2.95. The Balaban J connectivity index is 2.97.